The van der Waals surface area contributed by atoms with Crippen molar-refractivity contribution in [3.05, 3.63) is 71.5 Å². The number of fused-ring (bicyclic) bond motifs is 2. The van der Waals surface area contributed by atoms with Crippen LogP contribution in [0.1, 0.15) is 53.6 Å². The Morgan fingerprint density at radius 1 is 0.975 bits per heavy atom. The van der Waals surface area contributed by atoms with Gasteiger partial charge in [0, 0.05) is 46.4 Å². The molecule has 0 atom stereocenters. The summed E-state index contributed by atoms with van der Waals surface area (Å²) in [6, 6.07) is 13.3. The van der Waals surface area contributed by atoms with Crippen LogP contribution in [-0.4, -0.2) is 59.5 Å². The van der Waals surface area contributed by atoms with Crippen LogP contribution in [0.3, 0.4) is 0 Å². The van der Waals surface area contributed by atoms with E-state index in [9.17, 15) is 14.4 Å². The molecule has 1 aliphatic carbocycles. The fraction of sp³-hybridized carbons (Fsp3) is 0.344. The second kappa shape index (κ2) is 10.8. The normalized spacial score (nSPS) is 16.2. The number of rotatable bonds is 9. The molecule has 1 fully saturated rings. The molecule has 8 nitrogen and oxygen atoms in total. The lowest BCUT2D eigenvalue weighted by atomic mass is 9.95. The van der Waals surface area contributed by atoms with Crippen molar-refractivity contribution < 1.29 is 19.1 Å². The third kappa shape index (κ3) is 4.73. The van der Waals surface area contributed by atoms with Crippen LogP contribution in [0.4, 0.5) is 0 Å². The number of aromatic amines is 1. The monoisotopic (exact) mass is 538 g/mol. The van der Waals surface area contributed by atoms with E-state index in [4.69, 9.17) is 4.74 Å². The molecule has 3 heterocycles. The maximum atomic E-state index is 13.3. The van der Waals surface area contributed by atoms with Gasteiger partial charge in [-0.1, -0.05) is 43.2 Å². The molecule has 0 unspecified atom stereocenters. The zero-order valence-electron chi connectivity index (χ0n) is 23.0. The van der Waals surface area contributed by atoms with E-state index in [0.29, 0.717) is 45.7 Å². The fourth-order valence-corrected chi connectivity index (χ4v) is 6.14. The summed E-state index contributed by atoms with van der Waals surface area (Å²) in [7, 11) is 4.10. The smallest absolute Gasteiger partial charge is 0.340 e. The highest BCUT2D eigenvalue weighted by Gasteiger charge is 2.35. The van der Waals surface area contributed by atoms with Crippen LogP contribution < -0.4 is 5.32 Å². The molecule has 206 valence electrons. The SMILES string of the molecule is CN(C)CCCn1cc(C2=C(c3c[nH]c4c(C(=O)OCC5CCCC5)cccc34)C(=O)NC2=O)c2ccccc21. The lowest BCUT2D eigenvalue weighted by Crippen LogP contribution is -2.22. The Bertz CT molecular complexity index is 1650. The lowest BCUT2D eigenvalue weighted by molar-refractivity contribution is -0.122. The van der Waals surface area contributed by atoms with Crippen molar-refractivity contribution in [3.63, 3.8) is 0 Å². The van der Waals surface area contributed by atoms with E-state index in [1.807, 2.05) is 50.6 Å². The number of amides is 2. The van der Waals surface area contributed by atoms with Crippen molar-refractivity contribution in [1.82, 2.24) is 19.8 Å². The first kappa shape index (κ1) is 26.1. The summed E-state index contributed by atoms with van der Waals surface area (Å²) in [5, 5.41) is 4.13. The van der Waals surface area contributed by atoms with Crippen LogP contribution in [0.2, 0.25) is 0 Å². The summed E-state index contributed by atoms with van der Waals surface area (Å²) in [5.74, 6) is -0.821. The predicted octanol–water partition coefficient (Wildman–Crippen LogP) is 4.99. The highest BCUT2D eigenvalue weighted by molar-refractivity contribution is 6.50. The molecule has 1 saturated carbocycles. The summed E-state index contributed by atoms with van der Waals surface area (Å²) < 4.78 is 7.83. The third-order valence-electron chi connectivity index (χ3n) is 8.12. The molecule has 0 radical (unpaired) electrons. The Labute approximate surface area is 233 Å². The molecule has 2 aromatic carbocycles. The molecule has 40 heavy (non-hydrogen) atoms. The summed E-state index contributed by atoms with van der Waals surface area (Å²) in [4.78, 5) is 44.9. The number of hydrogen-bond acceptors (Lipinski definition) is 5. The molecular formula is C32H34N4O4. The first-order valence-electron chi connectivity index (χ1n) is 14.0. The number of para-hydroxylation sites is 2. The van der Waals surface area contributed by atoms with Crippen LogP contribution >= 0.6 is 0 Å². The van der Waals surface area contributed by atoms with E-state index in [0.717, 1.165) is 48.8 Å². The Morgan fingerprint density at radius 3 is 2.48 bits per heavy atom. The van der Waals surface area contributed by atoms with E-state index in [1.165, 1.54) is 12.8 Å². The molecule has 0 spiro atoms. The van der Waals surface area contributed by atoms with Gasteiger partial charge in [-0.25, -0.2) is 4.79 Å². The highest BCUT2D eigenvalue weighted by Crippen LogP contribution is 2.39. The van der Waals surface area contributed by atoms with Gasteiger partial charge in [-0.3, -0.25) is 14.9 Å². The first-order valence-corrected chi connectivity index (χ1v) is 14.0. The lowest BCUT2D eigenvalue weighted by Gasteiger charge is -2.10. The topological polar surface area (TPSA) is 96.4 Å². The van der Waals surface area contributed by atoms with E-state index in [2.05, 4.69) is 19.8 Å². The average Bonchev–Trinajstić information content (AvgIpc) is 3.73. The molecule has 8 heteroatoms. The number of esters is 1. The van der Waals surface area contributed by atoms with Gasteiger partial charge in [0.05, 0.1) is 28.8 Å². The number of imide groups is 1. The largest absolute Gasteiger partial charge is 0.462 e. The molecule has 2 aromatic heterocycles. The van der Waals surface area contributed by atoms with Crippen molar-refractivity contribution >= 4 is 50.7 Å². The quantitative estimate of drug-likeness (QED) is 0.231. The van der Waals surface area contributed by atoms with Gasteiger partial charge in [0.15, 0.2) is 0 Å². The van der Waals surface area contributed by atoms with E-state index < -0.39 is 11.8 Å². The van der Waals surface area contributed by atoms with Crippen LogP contribution in [0.5, 0.6) is 0 Å². The van der Waals surface area contributed by atoms with Crippen molar-refractivity contribution in [2.45, 2.75) is 38.6 Å². The highest BCUT2D eigenvalue weighted by atomic mass is 16.5. The number of hydrogen-bond donors (Lipinski definition) is 2. The number of nitrogens with one attached hydrogen (secondary N) is 2. The number of nitrogens with zero attached hydrogens (tertiary/aromatic N) is 2. The van der Waals surface area contributed by atoms with Crippen LogP contribution in [0.25, 0.3) is 33.0 Å². The van der Waals surface area contributed by atoms with Crippen LogP contribution in [0, 0.1) is 5.92 Å². The molecule has 2 N–H and O–H groups in total. The third-order valence-corrected chi connectivity index (χ3v) is 8.12. The van der Waals surface area contributed by atoms with Crippen LogP contribution in [-0.2, 0) is 20.9 Å². The van der Waals surface area contributed by atoms with Crippen LogP contribution in [0.15, 0.2) is 54.9 Å². The number of aryl methyl sites for hydroxylation is 1. The van der Waals surface area contributed by atoms with Gasteiger partial charge < -0.3 is 19.2 Å². The number of carbonyl (C=O) groups excluding carboxylic acids is 3. The summed E-state index contributed by atoms with van der Waals surface area (Å²) in [5.41, 5.74) is 4.00. The minimum Gasteiger partial charge on any atom is -0.462 e. The summed E-state index contributed by atoms with van der Waals surface area (Å²) >= 11 is 0. The van der Waals surface area contributed by atoms with E-state index in [-0.39, 0.29) is 5.97 Å². The van der Waals surface area contributed by atoms with E-state index in [1.54, 1.807) is 18.3 Å². The standard InChI is InChI=1S/C32H34N4O4/c1-35(2)15-8-16-36-18-25(21-11-5-6-14-26(21)36)28-27(30(37)34-31(28)38)24-17-33-29-22(24)12-7-13-23(29)32(39)40-19-20-9-3-4-10-20/h5-7,11-14,17-18,20,33H,3-4,8-10,15-16,19H2,1-2H3,(H,34,37,38). The molecule has 4 aromatic rings. The van der Waals surface area contributed by atoms with Gasteiger partial charge in [-0.05, 0) is 58.0 Å². The predicted molar refractivity (Wildman–Crippen MR) is 156 cm³/mol. The maximum Gasteiger partial charge on any atom is 0.340 e. The number of benzene rings is 2. The zero-order chi connectivity index (χ0) is 27.8. The Balaban J connectivity index is 1.41. The molecule has 2 aliphatic rings. The number of ether oxygens (including phenoxy) is 1. The minimum absolute atomic E-state index is 0.309. The molecular weight excluding hydrogens is 504 g/mol. The maximum absolute atomic E-state index is 13.3. The molecule has 2 amide bonds. The molecule has 6 rings (SSSR count). The van der Waals surface area contributed by atoms with Gasteiger partial charge >= 0.3 is 5.97 Å². The van der Waals surface area contributed by atoms with Crippen molar-refractivity contribution in [1.29, 1.82) is 0 Å². The van der Waals surface area contributed by atoms with Gasteiger partial charge in [-0.15, -0.1) is 0 Å². The zero-order valence-corrected chi connectivity index (χ0v) is 23.0. The van der Waals surface area contributed by atoms with Gasteiger partial charge in [-0.2, -0.15) is 0 Å². The molecule has 0 bridgehead atoms. The first-order chi connectivity index (χ1) is 19.4. The summed E-state index contributed by atoms with van der Waals surface area (Å²) in [6.07, 6.45) is 9.20. The Kier molecular flexibility index (Phi) is 7.02. The Hall–Kier alpha value is -4.17. The second-order valence-electron chi connectivity index (χ2n) is 11.1. The van der Waals surface area contributed by atoms with Gasteiger partial charge in [0.2, 0.25) is 0 Å². The summed E-state index contributed by atoms with van der Waals surface area (Å²) in [6.45, 7) is 2.15. The number of H-pyrrole nitrogens is 1. The Morgan fingerprint density at radius 2 is 1.70 bits per heavy atom. The fourth-order valence-electron chi connectivity index (χ4n) is 6.14. The van der Waals surface area contributed by atoms with Crippen molar-refractivity contribution in [3.8, 4) is 0 Å². The number of carbonyl (C=O) groups is 3. The average molecular weight is 539 g/mol. The van der Waals surface area contributed by atoms with Gasteiger partial charge in [0.25, 0.3) is 11.8 Å². The minimum atomic E-state index is -0.445. The van der Waals surface area contributed by atoms with Crippen molar-refractivity contribution in [2.24, 2.45) is 5.92 Å². The molecule has 0 saturated heterocycles. The second-order valence-corrected chi connectivity index (χ2v) is 11.1. The van der Waals surface area contributed by atoms with Gasteiger partial charge in [0.1, 0.15) is 0 Å². The number of aromatic nitrogens is 2. The van der Waals surface area contributed by atoms with E-state index >= 15 is 0 Å². The molecule has 1 aliphatic heterocycles. The van der Waals surface area contributed by atoms with Crippen molar-refractivity contribution in [2.75, 3.05) is 27.2 Å².